The topological polar surface area (TPSA) is 93.2 Å². The van der Waals surface area contributed by atoms with Crippen molar-refractivity contribution in [2.24, 2.45) is 5.41 Å². The highest BCUT2D eigenvalue weighted by Gasteiger charge is 2.44. The molecule has 0 saturated heterocycles. The number of nitrogens with zero attached hydrogens (tertiary/aromatic N) is 2. The fourth-order valence-corrected chi connectivity index (χ4v) is 3.23. The Hall–Kier alpha value is -2.07. The van der Waals surface area contributed by atoms with Crippen LogP contribution in [0.15, 0.2) is 23.1 Å². The van der Waals surface area contributed by atoms with Crippen LogP contribution in [-0.2, 0) is 9.53 Å². The Morgan fingerprint density at radius 1 is 1.57 bits per heavy atom. The molecule has 0 aromatic heterocycles. The molecular formula is C14H14N2O4S. The lowest BCUT2D eigenvalue weighted by Gasteiger charge is -2.12. The third-order valence-electron chi connectivity index (χ3n) is 3.54. The van der Waals surface area contributed by atoms with Crippen LogP contribution in [0, 0.1) is 26.9 Å². The number of methoxy groups -OCH3 is 1. The molecule has 1 aromatic carbocycles. The van der Waals surface area contributed by atoms with Gasteiger partial charge in [0.1, 0.15) is 11.6 Å². The van der Waals surface area contributed by atoms with Gasteiger partial charge in [-0.2, -0.15) is 5.26 Å². The van der Waals surface area contributed by atoms with Crippen molar-refractivity contribution in [2.75, 3.05) is 12.9 Å². The molecule has 0 bridgehead atoms. The van der Waals surface area contributed by atoms with Crippen LogP contribution >= 0.6 is 11.8 Å². The summed E-state index contributed by atoms with van der Waals surface area (Å²) < 4.78 is 4.69. The molecule has 1 aliphatic rings. The molecule has 0 atom stereocenters. The molecule has 1 aromatic rings. The molecule has 0 radical (unpaired) electrons. The number of hydrogen-bond donors (Lipinski definition) is 0. The number of benzene rings is 1. The summed E-state index contributed by atoms with van der Waals surface area (Å²) in [5.74, 6) is 0.490. The van der Waals surface area contributed by atoms with Crippen LogP contribution in [0.4, 0.5) is 5.69 Å². The average molecular weight is 306 g/mol. The number of esters is 1. The largest absolute Gasteiger partial charge is 0.469 e. The van der Waals surface area contributed by atoms with Gasteiger partial charge in [-0.25, -0.2) is 0 Å². The van der Waals surface area contributed by atoms with Crippen LogP contribution in [-0.4, -0.2) is 23.8 Å². The van der Waals surface area contributed by atoms with Crippen LogP contribution in [0.1, 0.15) is 24.8 Å². The first-order chi connectivity index (χ1) is 9.99. The van der Waals surface area contributed by atoms with E-state index in [-0.39, 0.29) is 22.6 Å². The zero-order chi connectivity index (χ0) is 15.5. The molecule has 0 unspecified atom stereocenters. The van der Waals surface area contributed by atoms with Gasteiger partial charge in [-0.15, -0.1) is 11.8 Å². The lowest BCUT2D eigenvalue weighted by molar-refractivity contribution is -0.385. The number of carbonyl (C=O) groups is 1. The fraction of sp³-hybridized carbons (Fsp3) is 0.429. The van der Waals surface area contributed by atoms with Gasteiger partial charge in [0.2, 0.25) is 0 Å². The second-order valence-corrected chi connectivity index (χ2v) is 6.14. The number of nitriles is 1. The molecule has 110 valence electrons. The molecule has 21 heavy (non-hydrogen) atoms. The van der Waals surface area contributed by atoms with Crippen LogP contribution < -0.4 is 0 Å². The number of hydrogen-bond acceptors (Lipinski definition) is 6. The van der Waals surface area contributed by atoms with Crippen molar-refractivity contribution < 1.29 is 14.5 Å². The second kappa shape index (κ2) is 6.14. The van der Waals surface area contributed by atoms with E-state index in [2.05, 4.69) is 4.74 Å². The summed E-state index contributed by atoms with van der Waals surface area (Å²) in [7, 11) is 1.37. The SMILES string of the molecule is COC(=O)CC1(CSc2ccc(C#N)c([N+](=O)[O-])c2)CC1. The van der Waals surface area contributed by atoms with Gasteiger partial charge in [-0.1, -0.05) is 0 Å². The highest BCUT2D eigenvalue weighted by atomic mass is 32.2. The van der Waals surface area contributed by atoms with Crippen LogP contribution in [0.5, 0.6) is 0 Å². The molecular weight excluding hydrogens is 292 g/mol. The Balaban J connectivity index is 2.04. The molecule has 0 aliphatic heterocycles. The zero-order valence-corrected chi connectivity index (χ0v) is 12.3. The standard InChI is InChI=1S/C14H14N2O4S/c1-20-13(17)7-14(4-5-14)9-21-11-3-2-10(8-15)12(6-11)16(18)19/h2-3,6H,4-5,7,9H2,1H3. The van der Waals surface area contributed by atoms with Crippen LogP contribution in [0.25, 0.3) is 0 Å². The van der Waals surface area contributed by atoms with E-state index in [1.54, 1.807) is 6.07 Å². The smallest absolute Gasteiger partial charge is 0.306 e. The number of carbonyl (C=O) groups excluding carboxylic acids is 1. The normalized spacial score (nSPS) is 15.0. The summed E-state index contributed by atoms with van der Waals surface area (Å²) in [6.45, 7) is 0. The van der Waals surface area contributed by atoms with Gasteiger partial charge in [0.25, 0.3) is 5.69 Å². The van der Waals surface area contributed by atoms with Crippen molar-refractivity contribution in [2.45, 2.75) is 24.2 Å². The van der Waals surface area contributed by atoms with E-state index in [4.69, 9.17) is 5.26 Å². The van der Waals surface area contributed by atoms with Gasteiger partial charge in [0.05, 0.1) is 18.5 Å². The monoisotopic (exact) mass is 306 g/mol. The maximum Gasteiger partial charge on any atom is 0.306 e. The molecule has 0 N–H and O–H groups in total. The third-order valence-corrected chi connectivity index (χ3v) is 4.88. The van der Waals surface area contributed by atoms with E-state index in [1.165, 1.54) is 31.0 Å². The summed E-state index contributed by atoms with van der Waals surface area (Å²) in [4.78, 5) is 22.4. The lowest BCUT2D eigenvalue weighted by atomic mass is 10.1. The van der Waals surface area contributed by atoms with Gasteiger partial charge >= 0.3 is 5.97 Å². The van der Waals surface area contributed by atoms with Crippen molar-refractivity contribution in [1.82, 2.24) is 0 Å². The fourth-order valence-electron chi connectivity index (χ4n) is 2.01. The van der Waals surface area contributed by atoms with E-state index in [9.17, 15) is 14.9 Å². The Bertz CT molecular complexity index is 620. The quantitative estimate of drug-likeness (QED) is 0.347. The first kappa shape index (κ1) is 15.3. The van der Waals surface area contributed by atoms with Gasteiger partial charge in [0.15, 0.2) is 0 Å². The molecule has 0 spiro atoms. The predicted molar refractivity (Wildman–Crippen MR) is 76.8 cm³/mol. The van der Waals surface area contributed by atoms with Crippen molar-refractivity contribution in [3.8, 4) is 6.07 Å². The predicted octanol–water partition coefficient (Wildman–Crippen LogP) is 2.90. The Labute approximate surface area is 126 Å². The molecule has 6 nitrogen and oxygen atoms in total. The van der Waals surface area contributed by atoms with E-state index in [0.717, 1.165) is 17.7 Å². The Morgan fingerprint density at radius 3 is 2.81 bits per heavy atom. The Kier molecular flexibility index (Phi) is 4.48. The average Bonchev–Trinajstić information content (AvgIpc) is 3.24. The van der Waals surface area contributed by atoms with Gasteiger partial charge in [-0.05, 0) is 30.4 Å². The van der Waals surface area contributed by atoms with Crippen molar-refractivity contribution in [3.05, 3.63) is 33.9 Å². The van der Waals surface area contributed by atoms with E-state index in [1.807, 2.05) is 6.07 Å². The van der Waals surface area contributed by atoms with E-state index >= 15 is 0 Å². The Morgan fingerprint density at radius 2 is 2.29 bits per heavy atom. The summed E-state index contributed by atoms with van der Waals surface area (Å²) in [6.07, 6.45) is 2.32. The number of nitro benzene ring substituents is 1. The minimum Gasteiger partial charge on any atom is -0.469 e. The van der Waals surface area contributed by atoms with Crippen molar-refractivity contribution >= 4 is 23.4 Å². The van der Waals surface area contributed by atoms with Crippen molar-refractivity contribution in [1.29, 1.82) is 5.26 Å². The summed E-state index contributed by atoms with van der Waals surface area (Å²) in [5, 5.41) is 19.8. The van der Waals surface area contributed by atoms with E-state index < -0.39 is 4.92 Å². The molecule has 7 heteroatoms. The number of ether oxygens (including phenoxy) is 1. The first-order valence-electron chi connectivity index (χ1n) is 6.38. The summed E-state index contributed by atoms with van der Waals surface area (Å²) >= 11 is 1.47. The van der Waals surface area contributed by atoms with Gasteiger partial charge < -0.3 is 4.74 Å². The van der Waals surface area contributed by atoms with Crippen molar-refractivity contribution in [3.63, 3.8) is 0 Å². The van der Waals surface area contributed by atoms with E-state index in [0.29, 0.717) is 12.2 Å². The maximum absolute atomic E-state index is 11.3. The lowest BCUT2D eigenvalue weighted by Crippen LogP contribution is -2.12. The summed E-state index contributed by atoms with van der Waals surface area (Å²) in [6, 6.07) is 6.38. The molecule has 0 heterocycles. The number of nitro groups is 1. The maximum atomic E-state index is 11.3. The minimum absolute atomic E-state index is 0.0412. The van der Waals surface area contributed by atoms with Gasteiger partial charge in [-0.3, -0.25) is 14.9 Å². The molecule has 2 rings (SSSR count). The van der Waals surface area contributed by atoms with Gasteiger partial charge in [0, 0.05) is 16.7 Å². The zero-order valence-electron chi connectivity index (χ0n) is 11.5. The molecule has 1 aliphatic carbocycles. The first-order valence-corrected chi connectivity index (χ1v) is 7.36. The number of rotatable bonds is 6. The minimum atomic E-state index is -0.552. The molecule has 1 saturated carbocycles. The highest BCUT2D eigenvalue weighted by molar-refractivity contribution is 7.99. The molecule has 0 amide bonds. The van der Waals surface area contributed by atoms with Crippen LogP contribution in [0.2, 0.25) is 0 Å². The molecule has 1 fully saturated rings. The highest BCUT2D eigenvalue weighted by Crippen LogP contribution is 2.52. The summed E-state index contributed by atoms with van der Waals surface area (Å²) in [5.41, 5.74) is -0.166. The number of thioether (sulfide) groups is 1. The van der Waals surface area contributed by atoms with Crippen LogP contribution in [0.3, 0.4) is 0 Å². The second-order valence-electron chi connectivity index (χ2n) is 5.09. The third kappa shape index (κ3) is 3.73.